The summed E-state index contributed by atoms with van der Waals surface area (Å²) in [4.78, 5) is 0. The highest BCUT2D eigenvalue weighted by Crippen LogP contribution is 2.47. The van der Waals surface area contributed by atoms with E-state index >= 15 is 0 Å². The van der Waals surface area contributed by atoms with Crippen LogP contribution in [0.4, 0.5) is 0 Å². The molecule has 0 unspecified atom stereocenters. The second kappa shape index (κ2) is 7.50. The van der Waals surface area contributed by atoms with Gasteiger partial charge in [-0.15, -0.1) is 0 Å². The second-order valence-corrected chi connectivity index (χ2v) is 8.49. The molecule has 0 aliphatic heterocycles. The molecule has 0 amide bonds. The van der Waals surface area contributed by atoms with E-state index in [1.54, 1.807) is 0 Å². The largest absolute Gasteiger partial charge is 0.456 e. The summed E-state index contributed by atoms with van der Waals surface area (Å²) in [6.45, 7) is 0. The summed E-state index contributed by atoms with van der Waals surface area (Å²) in [5, 5.41) is 6.76. The van der Waals surface area contributed by atoms with Gasteiger partial charge in [-0.05, 0) is 46.2 Å². The number of benzene rings is 6. The van der Waals surface area contributed by atoms with Crippen LogP contribution in [0.25, 0.3) is 54.6 Å². The van der Waals surface area contributed by atoms with Gasteiger partial charge in [-0.2, -0.15) is 0 Å². The van der Waals surface area contributed by atoms with E-state index < -0.39 is 0 Å². The van der Waals surface area contributed by atoms with Crippen LogP contribution in [-0.2, 0) is 0 Å². The molecule has 0 N–H and O–H groups in total. The van der Waals surface area contributed by atoms with Crippen LogP contribution in [0.3, 0.4) is 0 Å². The molecule has 1 aromatic heterocycles. The van der Waals surface area contributed by atoms with Gasteiger partial charge < -0.3 is 9.15 Å². The molecule has 7 aromatic rings. The quantitative estimate of drug-likeness (QED) is 0.257. The van der Waals surface area contributed by atoms with E-state index in [1.807, 2.05) is 42.5 Å². The van der Waals surface area contributed by atoms with Crippen molar-refractivity contribution in [1.29, 1.82) is 0 Å². The third kappa shape index (κ3) is 2.82. The van der Waals surface area contributed by atoms with Crippen molar-refractivity contribution in [3.05, 3.63) is 121 Å². The highest BCUT2D eigenvalue weighted by atomic mass is 16.5. The monoisotopic (exact) mass is 436 g/mol. The maximum Gasteiger partial charge on any atom is 0.143 e. The summed E-state index contributed by atoms with van der Waals surface area (Å²) in [5.74, 6) is 1.71. The summed E-state index contributed by atoms with van der Waals surface area (Å²) >= 11 is 0. The topological polar surface area (TPSA) is 22.4 Å². The number of ether oxygens (including phenoxy) is 1. The van der Waals surface area contributed by atoms with Crippen LogP contribution in [-0.4, -0.2) is 0 Å². The van der Waals surface area contributed by atoms with E-state index in [9.17, 15) is 0 Å². The minimum Gasteiger partial charge on any atom is -0.456 e. The van der Waals surface area contributed by atoms with E-state index in [0.717, 1.165) is 55.0 Å². The fourth-order valence-electron chi connectivity index (χ4n) is 5.08. The Hall–Kier alpha value is -4.56. The number of hydrogen-bond donors (Lipinski definition) is 0. The first-order chi connectivity index (χ1) is 16.9. The zero-order chi connectivity index (χ0) is 22.5. The molecule has 2 heteroatoms. The molecule has 0 aliphatic rings. The Morgan fingerprint density at radius 3 is 1.71 bits per heavy atom. The first-order valence-corrected chi connectivity index (χ1v) is 11.5. The molecule has 0 radical (unpaired) electrons. The van der Waals surface area contributed by atoms with Crippen LogP contribution in [0, 0.1) is 0 Å². The van der Waals surface area contributed by atoms with Crippen LogP contribution in [0.2, 0.25) is 0 Å². The maximum atomic E-state index is 6.52. The fourth-order valence-corrected chi connectivity index (χ4v) is 5.08. The zero-order valence-corrected chi connectivity index (χ0v) is 18.4. The molecule has 34 heavy (non-hydrogen) atoms. The number of hydrogen-bond acceptors (Lipinski definition) is 2. The predicted molar refractivity (Wildman–Crippen MR) is 141 cm³/mol. The molecular formula is C32H20O2. The highest BCUT2D eigenvalue weighted by molar-refractivity contribution is 6.23. The van der Waals surface area contributed by atoms with Gasteiger partial charge in [0.2, 0.25) is 0 Å². The number of fused-ring (bicyclic) bond motifs is 5. The molecule has 0 aliphatic carbocycles. The van der Waals surface area contributed by atoms with Crippen LogP contribution in [0.15, 0.2) is 126 Å². The van der Waals surface area contributed by atoms with Gasteiger partial charge in [0.05, 0.1) is 0 Å². The van der Waals surface area contributed by atoms with E-state index in [1.165, 1.54) is 11.1 Å². The fraction of sp³-hybridized carbons (Fsp3) is 0. The van der Waals surface area contributed by atoms with Crippen molar-refractivity contribution >= 4 is 43.5 Å². The normalized spacial score (nSPS) is 11.5. The van der Waals surface area contributed by atoms with Crippen molar-refractivity contribution < 1.29 is 9.15 Å². The van der Waals surface area contributed by atoms with Crippen molar-refractivity contribution in [2.45, 2.75) is 0 Å². The van der Waals surface area contributed by atoms with Gasteiger partial charge in [-0.25, -0.2) is 0 Å². The lowest BCUT2D eigenvalue weighted by Crippen LogP contribution is -1.92. The van der Waals surface area contributed by atoms with Gasteiger partial charge in [0, 0.05) is 21.5 Å². The van der Waals surface area contributed by atoms with Crippen molar-refractivity contribution in [1.82, 2.24) is 0 Å². The average molecular weight is 437 g/mol. The lowest BCUT2D eigenvalue weighted by atomic mass is 9.89. The molecule has 7 rings (SSSR count). The third-order valence-electron chi connectivity index (χ3n) is 6.52. The van der Waals surface area contributed by atoms with Gasteiger partial charge in [0.1, 0.15) is 22.7 Å². The number of furan rings is 1. The maximum absolute atomic E-state index is 6.52. The third-order valence-corrected chi connectivity index (χ3v) is 6.52. The summed E-state index contributed by atoms with van der Waals surface area (Å²) in [6.07, 6.45) is 0. The lowest BCUT2D eigenvalue weighted by molar-refractivity contribution is 0.494. The smallest absolute Gasteiger partial charge is 0.143 e. The molecule has 0 saturated heterocycles. The highest BCUT2D eigenvalue weighted by Gasteiger charge is 2.20. The molecule has 160 valence electrons. The van der Waals surface area contributed by atoms with Gasteiger partial charge >= 0.3 is 0 Å². The molecule has 6 aromatic carbocycles. The van der Waals surface area contributed by atoms with Crippen molar-refractivity contribution in [2.75, 3.05) is 0 Å². The van der Waals surface area contributed by atoms with Gasteiger partial charge in [0.25, 0.3) is 0 Å². The van der Waals surface area contributed by atoms with E-state index in [2.05, 4.69) is 78.9 Å². The summed E-state index contributed by atoms with van der Waals surface area (Å²) in [6, 6.07) is 41.6. The Kier molecular flexibility index (Phi) is 4.18. The van der Waals surface area contributed by atoms with Crippen LogP contribution < -0.4 is 4.74 Å². The molecule has 0 atom stereocenters. The van der Waals surface area contributed by atoms with Crippen LogP contribution in [0.5, 0.6) is 11.5 Å². The first kappa shape index (κ1) is 19.0. The van der Waals surface area contributed by atoms with Gasteiger partial charge in [0.15, 0.2) is 0 Å². The molecule has 0 bridgehead atoms. The van der Waals surface area contributed by atoms with Crippen LogP contribution in [0.1, 0.15) is 0 Å². The molecule has 1 heterocycles. The molecule has 2 nitrogen and oxygen atoms in total. The van der Waals surface area contributed by atoms with Crippen molar-refractivity contribution in [2.24, 2.45) is 0 Å². The summed E-state index contributed by atoms with van der Waals surface area (Å²) in [7, 11) is 0. The molecule has 0 saturated carbocycles. The zero-order valence-electron chi connectivity index (χ0n) is 18.4. The Labute approximate surface area is 196 Å². The molecule has 0 spiro atoms. The van der Waals surface area contributed by atoms with Gasteiger partial charge in [-0.1, -0.05) is 97.1 Å². The Bertz CT molecular complexity index is 1770. The minimum absolute atomic E-state index is 0.827. The lowest BCUT2D eigenvalue weighted by Gasteiger charge is -2.18. The van der Waals surface area contributed by atoms with E-state index in [0.29, 0.717) is 0 Å². The summed E-state index contributed by atoms with van der Waals surface area (Å²) in [5.41, 5.74) is 4.17. The Morgan fingerprint density at radius 1 is 0.441 bits per heavy atom. The molecular weight excluding hydrogens is 416 g/mol. The van der Waals surface area contributed by atoms with E-state index in [-0.39, 0.29) is 0 Å². The van der Waals surface area contributed by atoms with Crippen molar-refractivity contribution in [3.8, 4) is 22.6 Å². The minimum atomic E-state index is 0.827. The number of para-hydroxylation sites is 2. The second-order valence-electron chi connectivity index (χ2n) is 8.49. The first-order valence-electron chi connectivity index (χ1n) is 11.5. The van der Waals surface area contributed by atoms with Crippen LogP contribution >= 0.6 is 0 Å². The SMILES string of the molecule is c1ccc(Oc2c3ccccc3c(-c3cccc4oc5ccccc5c34)c3ccccc23)cc1. The van der Waals surface area contributed by atoms with E-state index in [4.69, 9.17) is 9.15 Å². The van der Waals surface area contributed by atoms with Crippen molar-refractivity contribution in [3.63, 3.8) is 0 Å². The standard InChI is InChI=1S/C32H20O2/c1-2-11-21(12-3-1)33-32-24-15-6-4-13-22(24)30(23-14-5-7-16-25(23)32)27-18-10-20-29-31(27)26-17-8-9-19-28(26)34-29/h1-20H. The Balaban J connectivity index is 1.63. The molecule has 0 fully saturated rings. The average Bonchev–Trinajstić information content (AvgIpc) is 3.28. The number of rotatable bonds is 3. The van der Waals surface area contributed by atoms with Gasteiger partial charge in [-0.3, -0.25) is 0 Å². The summed E-state index contributed by atoms with van der Waals surface area (Å²) < 4.78 is 12.7. The predicted octanol–water partition coefficient (Wildman–Crippen LogP) is 9.35. The Morgan fingerprint density at radius 2 is 1.00 bits per heavy atom.